The van der Waals surface area contributed by atoms with Crippen molar-refractivity contribution in [2.75, 3.05) is 13.1 Å². The Kier molecular flexibility index (Phi) is 1.50. The van der Waals surface area contributed by atoms with Crippen LogP contribution in [0.2, 0.25) is 0 Å². The van der Waals surface area contributed by atoms with Crippen molar-refractivity contribution >= 4 is 0 Å². The number of nitrogens with zero attached hydrogens (tertiary/aromatic N) is 1. The van der Waals surface area contributed by atoms with E-state index in [1.807, 2.05) is 0 Å². The lowest BCUT2D eigenvalue weighted by Crippen LogP contribution is -2.45. The zero-order valence-electron chi connectivity index (χ0n) is 7.45. The van der Waals surface area contributed by atoms with E-state index >= 15 is 0 Å². The Morgan fingerprint density at radius 2 is 1.50 bits per heavy atom. The Labute approximate surface area is 73.6 Å². The van der Waals surface area contributed by atoms with E-state index < -0.39 is 0 Å². The Bertz CT molecular complexity index is 176. The van der Waals surface area contributed by atoms with E-state index in [1.54, 1.807) is 0 Å². The molecule has 12 heavy (non-hydrogen) atoms. The van der Waals surface area contributed by atoms with Crippen LogP contribution in [0.25, 0.3) is 0 Å². The number of piperidine rings is 1. The Morgan fingerprint density at radius 1 is 0.917 bits per heavy atom. The van der Waals surface area contributed by atoms with Crippen LogP contribution in [-0.4, -0.2) is 35.2 Å². The van der Waals surface area contributed by atoms with Gasteiger partial charge in [0, 0.05) is 19.1 Å². The minimum atomic E-state index is 0.0417. The van der Waals surface area contributed by atoms with E-state index in [0.29, 0.717) is 11.8 Å². The summed E-state index contributed by atoms with van der Waals surface area (Å²) < 4.78 is 0. The average Bonchev–Trinajstić information content (AvgIpc) is 2.87. The van der Waals surface area contributed by atoms with Crippen molar-refractivity contribution in [3.63, 3.8) is 0 Å². The summed E-state index contributed by atoms with van der Waals surface area (Å²) in [4.78, 5) is 2.62. The van der Waals surface area contributed by atoms with E-state index in [0.717, 1.165) is 6.04 Å². The Morgan fingerprint density at radius 3 is 2.00 bits per heavy atom. The number of rotatable bonds is 1. The van der Waals surface area contributed by atoms with Crippen molar-refractivity contribution in [3.05, 3.63) is 0 Å². The smallest absolute Gasteiger partial charge is 0.0620 e. The van der Waals surface area contributed by atoms with Crippen LogP contribution < -0.4 is 0 Å². The maximum absolute atomic E-state index is 9.80. The molecule has 3 rings (SSSR count). The van der Waals surface area contributed by atoms with E-state index in [-0.39, 0.29) is 6.10 Å². The van der Waals surface area contributed by atoms with Crippen molar-refractivity contribution < 1.29 is 5.11 Å². The summed E-state index contributed by atoms with van der Waals surface area (Å²) in [7, 11) is 0. The van der Waals surface area contributed by atoms with Gasteiger partial charge in [0.15, 0.2) is 0 Å². The predicted molar refractivity (Wildman–Crippen MR) is 46.8 cm³/mol. The quantitative estimate of drug-likeness (QED) is 0.626. The van der Waals surface area contributed by atoms with Crippen molar-refractivity contribution in [2.24, 2.45) is 11.8 Å². The maximum Gasteiger partial charge on any atom is 0.0620 e. The molecule has 0 radical (unpaired) electrons. The molecule has 2 aliphatic carbocycles. The molecule has 68 valence electrons. The van der Waals surface area contributed by atoms with Crippen LogP contribution >= 0.6 is 0 Å². The minimum Gasteiger partial charge on any atom is -0.392 e. The molecule has 3 atom stereocenters. The fraction of sp³-hybridized carbons (Fsp3) is 1.00. The maximum atomic E-state index is 9.80. The number of aliphatic hydroxyl groups is 1. The molecule has 0 aromatic rings. The summed E-state index contributed by atoms with van der Waals surface area (Å²) in [6.45, 7) is 2.37. The molecule has 0 spiro atoms. The molecule has 3 aliphatic rings. The van der Waals surface area contributed by atoms with Gasteiger partial charge >= 0.3 is 0 Å². The van der Waals surface area contributed by atoms with Gasteiger partial charge in [0.05, 0.1) is 6.10 Å². The third-order valence-corrected chi connectivity index (χ3v) is 3.88. The second kappa shape index (κ2) is 2.46. The predicted octanol–water partition coefficient (Wildman–Crippen LogP) is 0.851. The van der Waals surface area contributed by atoms with Gasteiger partial charge in [0.2, 0.25) is 0 Å². The lowest BCUT2D eigenvalue weighted by molar-refractivity contribution is 0.0138. The zero-order valence-corrected chi connectivity index (χ0v) is 7.45. The van der Waals surface area contributed by atoms with Crippen molar-refractivity contribution in [2.45, 2.75) is 37.8 Å². The first-order valence-corrected chi connectivity index (χ1v) is 5.27. The highest BCUT2D eigenvalue weighted by molar-refractivity contribution is 4.97. The number of hydrogen-bond acceptors (Lipinski definition) is 2. The van der Waals surface area contributed by atoms with E-state index in [9.17, 15) is 5.11 Å². The topological polar surface area (TPSA) is 23.5 Å². The van der Waals surface area contributed by atoms with Crippen LogP contribution in [-0.2, 0) is 0 Å². The molecule has 0 aromatic carbocycles. The van der Waals surface area contributed by atoms with Crippen LogP contribution in [0, 0.1) is 11.8 Å². The highest BCUT2D eigenvalue weighted by Crippen LogP contribution is 2.40. The highest BCUT2D eigenvalue weighted by Gasteiger charge is 2.44. The van der Waals surface area contributed by atoms with Gasteiger partial charge in [-0.3, -0.25) is 4.90 Å². The standard InChI is InChI=1S/C10H17NO/c12-10-7-1-2-8(10)6-11(5-7)9-3-4-9/h7-10,12H,1-6H2/t7-,8+,10?. The van der Waals surface area contributed by atoms with Crippen molar-refractivity contribution in [1.82, 2.24) is 4.90 Å². The second-order valence-corrected chi connectivity index (χ2v) is 4.77. The Hall–Kier alpha value is -0.0800. The van der Waals surface area contributed by atoms with Gasteiger partial charge in [-0.05, 0) is 37.5 Å². The fourth-order valence-electron chi connectivity index (χ4n) is 2.97. The number of fused-ring (bicyclic) bond motifs is 2. The molecule has 0 amide bonds. The third kappa shape index (κ3) is 1.01. The van der Waals surface area contributed by atoms with Crippen LogP contribution in [0.15, 0.2) is 0 Å². The van der Waals surface area contributed by atoms with Crippen LogP contribution in [0.3, 0.4) is 0 Å². The van der Waals surface area contributed by atoms with Crippen LogP contribution in [0.1, 0.15) is 25.7 Å². The van der Waals surface area contributed by atoms with E-state index in [1.165, 1.54) is 38.8 Å². The molecular weight excluding hydrogens is 150 g/mol. The SMILES string of the molecule is OC1[C@@H]2CC[C@H]1CN(C1CC1)C2. The van der Waals surface area contributed by atoms with Gasteiger partial charge in [-0.1, -0.05) is 0 Å². The fourth-order valence-corrected chi connectivity index (χ4v) is 2.97. The van der Waals surface area contributed by atoms with Crippen molar-refractivity contribution in [3.8, 4) is 0 Å². The molecule has 2 bridgehead atoms. The molecule has 1 unspecified atom stereocenters. The molecule has 3 fully saturated rings. The number of likely N-dealkylation sites (tertiary alicyclic amines) is 1. The van der Waals surface area contributed by atoms with Gasteiger partial charge in [-0.2, -0.15) is 0 Å². The summed E-state index contributed by atoms with van der Waals surface area (Å²) >= 11 is 0. The van der Waals surface area contributed by atoms with Crippen molar-refractivity contribution in [1.29, 1.82) is 0 Å². The summed E-state index contributed by atoms with van der Waals surface area (Å²) in [5.74, 6) is 1.23. The second-order valence-electron chi connectivity index (χ2n) is 4.77. The molecule has 1 heterocycles. The largest absolute Gasteiger partial charge is 0.392 e. The first kappa shape index (κ1) is 7.34. The number of aliphatic hydroxyl groups excluding tert-OH is 1. The first-order chi connectivity index (χ1) is 5.84. The first-order valence-electron chi connectivity index (χ1n) is 5.27. The molecule has 1 aliphatic heterocycles. The lowest BCUT2D eigenvalue weighted by atomic mass is 9.95. The van der Waals surface area contributed by atoms with Gasteiger partial charge < -0.3 is 5.11 Å². The average molecular weight is 167 g/mol. The molecule has 2 nitrogen and oxygen atoms in total. The highest BCUT2D eigenvalue weighted by atomic mass is 16.3. The normalized spacial score (nSPS) is 48.2. The third-order valence-electron chi connectivity index (χ3n) is 3.88. The van der Waals surface area contributed by atoms with Gasteiger partial charge in [0.1, 0.15) is 0 Å². The molecular formula is C10H17NO. The van der Waals surface area contributed by atoms with E-state index in [4.69, 9.17) is 0 Å². The molecule has 1 N–H and O–H groups in total. The Balaban J connectivity index is 1.73. The van der Waals surface area contributed by atoms with Gasteiger partial charge in [0.25, 0.3) is 0 Å². The van der Waals surface area contributed by atoms with Crippen LogP contribution in [0.4, 0.5) is 0 Å². The summed E-state index contributed by atoms with van der Waals surface area (Å²) in [5.41, 5.74) is 0. The molecule has 0 aromatic heterocycles. The van der Waals surface area contributed by atoms with Gasteiger partial charge in [-0.25, -0.2) is 0 Å². The molecule has 2 saturated carbocycles. The van der Waals surface area contributed by atoms with E-state index in [2.05, 4.69) is 4.90 Å². The molecule has 2 heteroatoms. The lowest BCUT2D eigenvalue weighted by Gasteiger charge is -2.35. The monoisotopic (exact) mass is 167 g/mol. The van der Waals surface area contributed by atoms with Crippen LogP contribution in [0.5, 0.6) is 0 Å². The van der Waals surface area contributed by atoms with Gasteiger partial charge in [-0.15, -0.1) is 0 Å². The summed E-state index contributed by atoms with van der Waals surface area (Å²) in [6.07, 6.45) is 5.41. The minimum absolute atomic E-state index is 0.0417. The summed E-state index contributed by atoms with van der Waals surface area (Å²) in [5, 5.41) is 9.80. The molecule has 1 saturated heterocycles. The zero-order chi connectivity index (χ0) is 8.13. The number of hydrogen-bond donors (Lipinski definition) is 1. The summed E-state index contributed by atoms with van der Waals surface area (Å²) in [6, 6.07) is 0.903.